The fourth-order valence-electron chi connectivity index (χ4n) is 2.78. The lowest BCUT2D eigenvalue weighted by atomic mass is 10.1. The van der Waals surface area contributed by atoms with Crippen LogP contribution in [0.4, 0.5) is 0 Å². The number of benzene rings is 1. The maximum atomic E-state index is 11.2. The molecule has 2 N–H and O–H groups in total. The number of nitrogens with one attached hydrogen (secondary N) is 1. The van der Waals surface area contributed by atoms with Crippen molar-refractivity contribution in [2.75, 3.05) is 6.54 Å². The number of aliphatic carboxylic acids is 1. The van der Waals surface area contributed by atoms with E-state index in [0.717, 1.165) is 24.9 Å². The van der Waals surface area contributed by atoms with Crippen LogP contribution in [0.2, 0.25) is 0 Å². The first-order valence-electron chi connectivity index (χ1n) is 6.27. The van der Waals surface area contributed by atoms with Crippen LogP contribution in [0.3, 0.4) is 0 Å². The van der Waals surface area contributed by atoms with Crippen LogP contribution in [0.25, 0.3) is 10.9 Å². The molecule has 1 atom stereocenters. The monoisotopic (exact) mass is 244 g/mol. The third kappa shape index (κ3) is 1.88. The van der Waals surface area contributed by atoms with Gasteiger partial charge in [0, 0.05) is 23.6 Å². The standard InChI is InChI=1S/C14H16N2O2/c17-14(18)13-6-3-7-16(13)9-10-8-15-12-5-2-1-4-11(10)12/h1-2,4-5,8,13,15H,3,6-7,9H2,(H,17,18)/t13-/m1/s1. The summed E-state index contributed by atoms with van der Waals surface area (Å²) in [6.45, 7) is 1.58. The van der Waals surface area contributed by atoms with Gasteiger partial charge >= 0.3 is 5.97 Å². The summed E-state index contributed by atoms with van der Waals surface area (Å²) >= 11 is 0. The predicted octanol–water partition coefficient (Wildman–Crippen LogP) is 2.22. The van der Waals surface area contributed by atoms with Gasteiger partial charge in [0.2, 0.25) is 0 Å². The molecular weight excluding hydrogens is 228 g/mol. The van der Waals surface area contributed by atoms with Crippen LogP contribution in [-0.4, -0.2) is 33.5 Å². The first-order chi connectivity index (χ1) is 8.75. The number of H-pyrrole nitrogens is 1. The molecule has 94 valence electrons. The molecule has 2 aromatic rings. The van der Waals surface area contributed by atoms with E-state index in [1.54, 1.807) is 0 Å². The van der Waals surface area contributed by atoms with Crippen LogP contribution in [-0.2, 0) is 11.3 Å². The normalized spacial score (nSPS) is 20.6. The smallest absolute Gasteiger partial charge is 0.320 e. The number of aromatic amines is 1. The molecule has 18 heavy (non-hydrogen) atoms. The molecule has 1 aromatic heterocycles. The zero-order valence-electron chi connectivity index (χ0n) is 10.1. The van der Waals surface area contributed by atoms with Crippen molar-refractivity contribution in [1.29, 1.82) is 0 Å². The minimum Gasteiger partial charge on any atom is -0.480 e. The number of nitrogens with zero attached hydrogens (tertiary/aromatic N) is 1. The highest BCUT2D eigenvalue weighted by Crippen LogP contribution is 2.24. The van der Waals surface area contributed by atoms with Crippen LogP contribution < -0.4 is 0 Å². The molecule has 0 saturated carbocycles. The number of carbonyl (C=O) groups is 1. The first-order valence-corrected chi connectivity index (χ1v) is 6.27. The lowest BCUT2D eigenvalue weighted by molar-refractivity contribution is -0.142. The number of carboxylic acids is 1. The SMILES string of the molecule is O=C(O)[C@H]1CCCN1Cc1c[nH]c2ccccc12. The summed E-state index contributed by atoms with van der Waals surface area (Å²) in [5.41, 5.74) is 2.29. The van der Waals surface area contributed by atoms with Gasteiger partial charge in [0.15, 0.2) is 0 Å². The summed E-state index contributed by atoms with van der Waals surface area (Å²) in [5, 5.41) is 10.4. The average Bonchev–Trinajstić information content (AvgIpc) is 2.97. The van der Waals surface area contributed by atoms with Crippen molar-refractivity contribution in [1.82, 2.24) is 9.88 Å². The molecular formula is C14H16N2O2. The topological polar surface area (TPSA) is 56.3 Å². The molecule has 0 aliphatic carbocycles. The quantitative estimate of drug-likeness (QED) is 0.870. The van der Waals surface area contributed by atoms with Crippen molar-refractivity contribution in [2.45, 2.75) is 25.4 Å². The molecule has 4 heteroatoms. The van der Waals surface area contributed by atoms with Crippen molar-refractivity contribution >= 4 is 16.9 Å². The fourth-order valence-corrected chi connectivity index (χ4v) is 2.78. The minimum absolute atomic E-state index is 0.321. The van der Waals surface area contributed by atoms with Gasteiger partial charge in [0.1, 0.15) is 6.04 Å². The van der Waals surface area contributed by atoms with E-state index in [2.05, 4.69) is 16.0 Å². The summed E-state index contributed by atoms with van der Waals surface area (Å²) in [5.74, 6) is -0.702. The van der Waals surface area contributed by atoms with E-state index in [4.69, 9.17) is 0 Å². The molecule has 4 nitrogen and oxygen atoms in total. The van der Waals surface area contributed by atoms with Crippen molar-refractivity contribution in [3.05, 3.63) is 36.0 Å². The molecule has 0 radical (unpaired) electrons. The van der Waals surface area contributed by atoms with E-state index in [1.807, 2.05) is 24.4 Å². The van der Waals surface area contributed by atoms with Crippen molar-refractivity contribution in [2.24, 2.45) is 0 Å². The highest BCUT2D eigenvalue weighted by Gasteiger charge is 2.30. The number of carboxylic acid groups (broad SMARTS) is 1. The summed E-state index contributed by atoms with van der Waals surface area (Å²) in [7, 11) is 0. The van der Waals surface area contributed by atoms with E-state index >= 15 is 0 Å². The molecule has 3 rings (SSSR count). The number of likely N-dealkylation sites (tertiary alicyclic amines) is 1. The Balaban J connectivity index is 1.86. The Labute approximate surface area is 105 Å². The van der Waals surface area contributed by atoms with Crippen molar-refractivity contribution in [3.8, 4) is 0 Å². The van der Waals surface area contributed by atoms with Crippen molar-refractivity contribution in [3.63, 3.8) is 0 Å². The zero-order chi connectivity index (χ0) is 12.5. The van der Waals surface area contributed by atoms with Gasteiger partial charge in [-0.3, -0.25) is 9.69 Å². The Bertz CT molecular complexity index is 576. The van der Waals surface area contributed by atoms with E-state index in [9.17, 15) is 9.90 Å². The highest BCUT2D eigenvalue weighted by molar-refractivity contribution is 5.83. The molecule has 1 saturated heterocycles. The van der Waals surface area contributed by atoms with Gasteiger partial charge in [-0.2, -0.15) is 0 Å². The van der Waals surface area contributed by atoms with Crippen LogP contribution in [0, 0.1) is 0 Å². The van der Waals surface area contributed by atoms with E-state index in [-0.39, 0.29) is 6.04 Å². The summed E-state index contributed by atoms with van der Waals surface area (Å²) < 4.78 is 0. The van der Waals surface area contributed by atoms with Gasteiger partial charge in [-0.15, -0.1) is 0 Å². The molecule has 0 spiro atoms. The maximum Gasteiger partial charge on any atom is 0.320 e. The largest absolute Gasteiger partial charge is 0.480 e. The summed E-state index contributed by atoms with van der Waals surface area (Å²) in [6, 6.07) is 7.81. The van der Waals surface area contributed by atoms with Gasteiger partial charge in [0.25, 0.3) is 0 Å². The second-order valence-corrected chi connectivity index (χ2v) is 4.83. The molecule has 1 fully saturated rings. The molecule has 0 unspecified atom stereocenters. The Morgan fingerprint density at radius 1 is 1.44 bits per heavy atom. The lowest BCUT2D eigenvalue weighted by Crippen LogP contribution is -2.35. The van der Waals surface area contributed by atoms with Crippen LogP contribution in [0.5, 0.6) is 0 Å². The van der Waals surface area contributed by atoms with Crippen LogP contribution in [0.15, 0.2) is 30.5 Å². The fraction of sp³-hybridized carbons (Fsp3) is 0.357. The average molecular weight is 244 g/mol. The highest BCUT2D eigenvalue weighted by atomic mass is 16.4. The number of para-hydroxylation sites is 1. The van der Waals surface area contributed by atoms with Gasteiger partial charge < -0.3 is 10.1 Å². The summed E-state index contributed by atoms with van der Waals surface area (Å²) in [6.07, 6.45) is 3.72. The van der Waals surface area contributed by atoms with Crippen LogP contribution in [0.1, 0.15) is 18.4 Å². The third-order valence-electron chi connectivity index (χ3n) is 3.70. The van der Waals surface area contributed by atoms with Gasteiger partial charge in [0.05, 0.1) is 0 Å². The van der Waals surface area contributed by atoms with E-state index < -0.39 is 5.97 Å². The molecule has 0 bridgehead atoms. The second kappa shape index (κ2) is 4.46. The van der Waals surface area contributed by atoms with Gasteiger partial charge in [-0.05, 0) is 31.0 Å². The Morgan fingerprint density at radius 2 is 2.28 bits per heavy atom. The minimum atomic E-state index is -0.702. The predicted molar refractivity (Wildman–Crippen MR) is 69.4 cm³/mol. The zero-order valence-corrected chi connectivity index (χ0v) is 10.1. The number of rotatable bonds is 3. The lowest BCUT2D eigenvalue weighted by Gasteiger charge is -2.20. The molecule has 1 aliphatic heterocycles. The third-order valence-corrected chi connectivity index (χ3v) is 3.70. The van der Waals surface area contributed by atoms with Crippen LogP contribution >= 0.6 is 0 Å². The number of hydrogen-bond donors (Lipinski definition) is 2. The van der Waals surface area contributed by atoms with E-state index in [1.165, 1.54) is 10.9 Å². The Kier molecular flexibility index (Phi) is 2.80. The van der Waals surface area contributed by atoms with Crippen molar-refractivity contribution < 1.29 is 9.90 Å². The van der Waals surface area contributed by atoms with Gasteiger partial charge in [-0.25, -0.2) is 0 Å². The molecule has 1 aromatic carbocycles. The van der Waals surface area contributed by atoms with E-state index in [0.29, 0.717) is 6.54 Å². The number of aromatic nitrogens is 1. The molecule has 0 amide bonds. The number of hydrogen-bond acceptors (Lipinski definition) is 2. The second-order valence-electron chi connectivity index (χ2n) is 4.83. The maximum absolute atomic E-state index is 11.2. The Hall–Kier alpha value is -1.81. The molecule has 2 heterocycles. The molecule has 1 aliphatic rings. The Morgan fingerprint density at radius 3 is 3.11 bits per heavy atom. The summed E-state index contributed by atoms with van der Waals surface area (Å²) in [4.78, 5) is 16.4. The first kappa shape index (κ1) is 11.3. The van der Waals surface area contributed by atoms with Gasteiger partial charge in [-0.1, -0.05) is 18.2 Å². The number of fused-ring (bicyclic) bond motifs is 1.